The van der Waals surface area contributed by atoms with Crippen molar-refractivity contribution < 1.29 is 13.6 Å². The summed E-state index contributed by atoms with van der Waals surface area (Å²) in [5, 5.41) is 7.26. The van der Waals surface area contributed by atoms with Crippen LogP contribution in [0.5, 0.6) is 0 Å². The van der Waals surface area contributed by atoms with E-state index in [1.807, 2.05) is 0 Å². The molecule has 1 atom stereocenters. The molecule has 0 bridgehead atoms. The van der Waals surface area contributed by atoms with Crippen molar-refractivity contribution in [3.05, 3.63) is 44.5 Å². The zero-order chi connectivity index (χ0) is 19.9. The number of carbonyl (C=O) groups is 1. The maximum atomic E-state index is 12.8. The fourth-order valence-electron chi connectivity index (χ4n) is 2.47. The highest BCUT2D eigenvalue weighted by atomic mass is 32.2. The van der Waals surface area contributed by atoms with Crippen LogP contribution in [0, 0.1) is 6.92 Å². The number of rotatable bonds is 5. The van der Waals surface area contributed by atoms with E-state index in [9.17, 15) is 14.4 Å². The Labute approximate surface area is 157 Å². The fraction of sp³-hybridized carbons (Fsp3) is 0.312. The quantitative estimate of drug-likeness (QED) is 0.498. The number of nitrogens with zero attached hydrogens (tertiary/aromatic N) is 4. The monoisotopic (exact) mass is 391 g/mol. The molecule has 0 radical (unpaired) electrons. The number of hydrogen-bond donors (Lipinski definition) is 1. The predicted octanol–water partition coefficient (Wildman–Crippen LogP) is 0.981. The van der Waals surface area contributed by atoms with Gasteiger partial charge in [0, 0.05) is 14.1 Å². The third-order valence-electron chi connectivity index (χ3n) is 4.10. The van der Waals surface area contributed by atoms with E-state index in [1.165, 1.54) is 20.4 Å². The first-order chi connectivity index (χ1) is 12.7. The minimum absolute atomic E-state index is 0.159. The van der Waals surface area contributed by atoms with Crippen LogP contribution in [0.3, 0.4) is 0 Å². The van der Waals surface area contributed by atoms with Crippen molar-refractivity contribution in [2.75, 3.05) is 5.73 Å². The number of furan rings is 1. The summed E-state index contributed by atoms with van der Waals surface area (Å²) >= 11 is 0.992. The van der Waals surface area contributed by atoms with Crippen molar-refractivity contribution in [1.82, 2.24) is 19.3 Å². The number of Topliss-reactive ketones (excluding diaryl/α,β-unsaturated/α-hetero) is 1. The summed E-state index contributed by atoms with van der Waals surface area (Å²) in [7, 11) is 2.68. The van der Waals surface area contributed by atoms with E-state index in [1.54, 1.807) is 19.9 Å². The third kappa shape index (κ3) is 3.21. The topological polar surface area (TPSA) is 139 Å². The molecule has 0 fully saturated rings. The number of anilines is 1. The SMILES string of the molecule is Cc1occc1-c1nnc(SC(C)C(=O)c2c(N)n(C)c(=O)n(C)c2=O)o1. The van der Waals surface area contributed by atoms with Crippen LogP contribution in [0.2, 0.25) is 0 Å². The van der Waals surface area contributed by atoms with Crippen LogP contribution >= 0.6 is 11.8 Å². The smallest absolute Gasteiger partial charge is 0.332 e. The van der Waals surface area contributed by atoms with Crippen LogP contribution in [-0.2, 0) is 14.1 Å². The lowest BCUT2D eigenvalue weighted by Crippen LogP contribution is -2.42. The number of aryl methyl sites for hydroxylation is 1. The molecule has 3 aromatic rings. The molecule has 0 aliphatic heterocycles. The molecule has 10 nitrogen and oxygen atoms in total. The van der Waals surface area contributed by atoms with Gasteiger partial charge in [-0.2, -0.15) is 0 Å². The van der Waals surface area contributed by atoms with E-state index in [-0.39, 0.29) is 22.5 Å². The number of thioether (sulfide) groups is 1. The van der Waals surface area contributed by atoms with Crippen molar-refractivity contribution in [2.24, 2.45) is 14.1 Å². The molecule has 0 saturated carbocycles. The highest BCUT2D eigenvalue weighted by Crippen LogP contribution is 2.29. The lowest BCUT2D eigenvalue weighted by Gasteiger charge is -2.13. The Morgan fingerprint density at radius 2 is 1.96 bits per heavy atom. The predicted molar refractivity (Wildman–Crippen MR) is 97.7 cm³/mol. The molecular weight excluding hydrogens is 374 g/mol. The van der Waals surface area contributed by atoms with Crippen LogP contribution in [0.15, 0.2) is 36.0 Å². The zero-order valence-electron chi connectivity index (χ0n) is 15.0. The molecule has 11 heteroatoms. The summed E-state index contributed by atoms with van der Waals surface area (Å²) in [6.45, 7) is 3.35. The average Bonchev–Trinajstić information content (AvgIpc) is 3.26. The Bertz CT molecular complexity index is 1140. The largest absolute Gasteiger partial charge is 0.469 e. The van der Waals surface area contributed by atoms with Crippen LogP contribution < -0.4 is 17.0 Å². The van der Waals surface area contributed by atoms with Gasteiger partial charge < -0.3 is 14.6 Å². The second-order valence-electron chi connectivity index (χ2n) is 5.85. The second-order valence-corrected chi connectivity index (χ2v) is 7.15. The van der Waals surface area contributed by atoms with Gasteiger partial charge in [-0.1, -0.05) is 11.8 Å². The molecule has 0 aliphatic rings. The molecule has 0 aliphatic carbocycles. The van der Waals surface area contributed by atoms with Gasteiger partial charge in [-0.3, -0.25) is 18.7 Å². The standard InChI is InChI=1S/C16H17N5O5S/c1-7-9(5-6-25-7)13-18-19-15(26-13)27-8(2)11(22)10-12(17)20(3)16(24)21(4)14(10)23/h5-6,8H,17H2,1-4H3. The molecule has 0 aromatic carbocycles. The van der Waals surface area contributed by atoms with Gasteiger partial charge in [0.2, 0.25) is 0 Å². The molecule has 142 valence electrons. The number of hydrogen-bond acceptors (Lipinski definition) is 9. The second kappa shape index (κ2) is 6.91. The molecule has 2 N–H and O–H groups in total. The van der Waals surface area contributed by atoms with Gasteiger partial charge in [0.05, 0.1) is 17.1 Å². The summed E-state index contributed by atoms with van der Waals surface area (Å²) in [6, 6.07) is 1.70. The molecule has 0 spiro atoms. The van der Waals surface area contributed by atoms with Gasteiger partial charge in [-0.05, 0) is 19.9 Å². The third-order valence-corrected chi connectivity index (χ3v) is 5.03. The first-order valence-corrected chi connectivity index (χ1v) is 8.74. The maximum Gasteiger partial charge on any atom is 0.332 e. The Kier molecular flexibility index (Phi) is 4.79. The maximum absolute atomic E-state index is 12.8. The molecule has 0 saturated heterocycles. The van der Waals surface area contributed by atoms with E-state index in [4.69, 9.17) is 14.6 Å². The zero-order valence-corrected chi connectivity index (χ0v) is 15.9. The summed E-state index contributed by atoms with van der Waals surface area (Å²) in [5.41, 5.74) is 4.89. The van der Waals surface area contributed by atoms with Crippen molar-refractivity contribution in [1.29, 1.82) is 0 Å². The van der Waals surface area contributed by atoms with E-state index in [0.717, 1.165) is 20.9 Å². The van der Waals surface area contributed by atoms with Crippen LogP contribution in [0.25, 0.3) is 11.5 Å². The van der Waals surface area contributed by atoms with Crippen LogP contribution in [-0.4, -0.2) is 30.4 Å². The van der Waals surface area contributed by atoms with Gasteiger partial charge in [0.15, 0.2) is 5.78 Å². The van der Waals surface area contributed by atoms with E-state index >= 15 is 0 Å². The van der Waals surface area contributed by atoms with E-state index < -0.39 is 22.3 Å². The number of aromatic nitrogens is 4. The summed E-state index contributed by atoms with van der Waals surface area (Å²) < 4.78 is 12.6. The normalized spacial score (nSPS) is 12.3. The summed E-state index contributed by atoms with van der Waals surface area (Å²) in [6.07, 6.45) is 1.51. The molecule has 3 rings (SSSR count). The molecule has 3 heterocycles. The summed E-state index contributed by atoms with van der Waals surface area (Å²) in [4.78, 5) is 37.0. The number of nitrogen functional groups attached to an aromatic ring is 1. The Morgan fingerprint density at radius 1 is 1.26 bits per heavy atom. The Balaban J connectivity index is 1.88. The number of nitrogens with two attached hydrogens (primary N) is 1. The van der Waals surface area contributed by atoms with E-state index in [2.05, 4.69) is 10.2 Å². The lowest BCUT2D eigenvalue weighted by molar-refractivity contribution is 0.0991. The van der Waals surface area contributed by atoms with Gasteiger partial charge in [-0.15, -0.1) is 10.2 Å². The summed E-state index contributed by atoms with van der Waals surface area (Å²) in [5.74, 6) is 0.176. The average molecular weight is 391 g/mol. The first-order valence-electron chi connectivity index (χ1n) is 7.86. The van der Waals surface area contributed by atoms with Crippen molar-refractivity contribution in [3.63, 3.8) is 0 Å². The highest BCUT2D eigenvalue weighted by Gasteiger charge is 2.27. The van der Waals surface area contributed by atoms with Gasteiger partial charge in [-0.25, -0.2) is 4.79 Å². The molecule has 3 aromatic heterocycles. The van der Waals surface area contributed by atoms with E-state index in [0.29, 0.717) is 11.3 Å². The van der Waals surface area contributed by atoms with Crippen LogP contribution in [0.1, 0.15) is 23.0 Å². The Hall–Kier alpha value is -3.08. The minimum Gasteiger partial charge on any atom is -0.469 e. The number of carbonyl (C=O) groups excluding carboxylic acids is 1. The molecule has 1 unspecified atom stereocenters. The first kappa shape index (κ1) is 18.7. The molecule has 27 heavy (non-hydrogen) atoms. The van der Waals surface area contributed by atoms with Crippen molar-refractivity contribution in [3.8, 4) is 11.5 Å². The number of ketones is 1. The minimum atomic E-state index is -0.742. The molecular formula is C16H17N5O5S. The van der Waals surface area contributed by atoms with Gasteiger partial charge in [0.25, 0.3) is 16.7 Å². The van der Waals surface area contributed by atoms with Crippen molar-refractivity contribution in [2.45, 2.75) is 24.3 Å². The lowest BCUT2D eigenvalue weighted by atomic mass is 10.1. The van der Waals surface area contributed by atoms with Gasteiger partial charge in [0.1, 0.15) is 17.1 Å². The fourth-order valence-corrected chi connectivity index (χ4v) is 3.21. The van der Waals surface area contributed by atoms with Crippen LogP contribution in [0.4, 0.5) is 5.82 Å². The highest BCUT2D eigenvalue weighted by molar-refractivity contribution is 8.00. The Morgan fingerprint density at radius 3 is 2.59 bits per heavy atom. The van der Waals surface area contributed by atoms with Crippen molar-refractivity contribution >= 4 is 23.4 Å². The molecule has 0 amide bonds. The van der Waals surface area contributed by atoms with Gasteiger partial charge >= 0.3 is 5.69 Å².